The van der Waals surface area contributed by atoms with Crippen molar-refractivity contribution in [1.29, 1.82) is 0 Å². The summed E-state index contributed by atoms with van der Waals surface area (Å²) >= 11 is 0. The van der Waals surface area contributed by atoms with Gasteiger partial charge in [0.1, 0.15) is 29.5 Å². The van der Waals surface area contributed by atoms with Gasteiger partial charge in [0, 0.05) is 62.9 Å². The number of Topliss-reactive ketones (excluding diaryl/α,β-unsaturated/α-hetero) is 1. The molecule has 2 bridgehead atoms. The number of anilines is 2. The number of hydrogen-bond donors (Lipinski definition) is 5. The van der Waals surface area contributed by atoms with Crippen LogP contribution in [0.1, 0.15) is 119 Å². The zero-order chi connectivity index (χ0) is 54.7. The van der Waals surface area contributed by atoms with Crippen molar-refractivity contribution < 1.29 is 37.8 Å². The van der Waals surface area contributed by atoms with Gasteiger partial charge in [-0.3, -0.25) is 24.0 Å². The minimum Gasteiger partial charge on any atom is -0.382 e. The molecule has 0 aliphatic carbocycles. The second kappa shape index (κ2) is 25.8. The second-order valence-electron chi connectivity index (χ2n) is 21.1. The maximum Gasteiger partial charge on any atom is 0.303 e. The molecule has 19 nitrogen and oxygen atoms in total. The molecule has 0 radical (unpaired) electrons. The number of ketones is 1. The number of carbonyl (C=O) groups is 5. The molecule has 2 saturated heterocycles. The van der Waals surface area contributed by atoms with Gasteiger partial charge in [-0.25, -0.2) is 9.37 Å². The van der Waals surface area contributed by atoms with Crippen LogP contribution in [0.25, 0.3) is 16.0 Å². The van der Waals surface area contributed by atoms with Crippen molar-refractivity contribution in [2.45, 2.75) is 129 Å². The number of rotatable bonds is 22. The molecule has 3 aliphatic rings. The predicted molar refractivity (Wildman–Crippen MR) is 288 cm³/mol. The molecule has 408 valence electrons. The first-order valence-corrected chi connectivity index (χ1v) is 26.5. The third kappa shape index (κ3) is 13.6. The van der Waals surface area contributed by atoms with Crippen LogP contribution in [-0.4, -0.2) is 138 Å². The summed E-state index contributed by atoms with van der Waals surface area (Å²) in [5.41, 5.74) is 10.2. The van der Waals surface area contributed by atoms with E-state index < -0.39 is 29.4 Å². The van der Waals surface area contributed by atoms with Gasteiger partial charge in [0.15, 0.2) is 0 Å². The van der Waals surface area contributed by atoms with Crippen LogP contribution >= 0.6 is 0 Å². The van der Waals surface area contributed by atoms with E-state index in [1.165, 1.54) is 18.2 Å². The quantitative estimate of drug-likeness (QED) is 0.0459. The maximum absolute atomic E-state index is 14.8. The first-order chi connectivity index (χ1) is 36.4. The van der Waals surface area contributed by atoms with E-state index in [-0.39, 0.29) is 98.3 Å². The number of aromatic nitrogens is 3. The molecule has 2 aromatic heterocycles. The average Bonchev–Trinajstić information content (AvgIpc) is 4.16. The van der Waals surface area contributed by atoms with Crippen LogP contribution in [0.4, 0.5) is 21.7 Å². The molecule has 20 heteroatoms. The first-order valence-electron chi connectivity index (χ1n) is 26.5. The molecule has 4 aromatic rings. The number of fused-ring (bicyclic) bond motifs is 8. The number of nitrogen functional groups attached to an aromatic ring is 1. The van der Waals surface area contributed by atoms with Gasteiger partial charge in [-0.1, -0.05) is 64.6 Å². The summed E-state index contributed by atoms with van der Waals surface area (Å²) in [4.78, 5) is 82.2. The molecule has 4 amide bonds. The Balaban J connectivity index is 0.889. The summed E-state index contributed by atoms with van der Waals surface area (Å²) in [5.74, 6) is -1.17. The highest BCUT2D eigenvalue weighted by Crippen LogP contribution is 2.44. The standard InChI is InChI=1S/C56H75FN12O7/c1-9-43(36-15-11-10-12-16-36)63-53(72)46-31-39(33-68(46)55(74)49(56(3,4)5)64-52(71)35(2)59-6)61-22-26-76-28-27-75-25-21-40(70)17-13-24-69-47-34-66(8)54(73)41-20-19-38(57)30-42(41)44-18-14-23-67(44)45-29-37(32-62-50(45)58)48(47)51(60-7)65-69/h10-12,15-16,19-20,29-30,32,35,39,43-44,46,49,59,61H,9,13-14,17-18,21-28,31,33-34H2,1-6,8H3,(H2,58,62)(H,63,72)(H,64,71)/t35-,39-,43+,44-,46-,49+/m1/s1. The summed E-state index contributed by atoms with van der Waals surface area (Å²) in [6.07, 6.45) is 5.02. The van der Waals surface area contributed by atoms with E-state index in [4.69, 9.17) is 21.8 Å². The van der Waals surface area contributed by atoms with Gasteiger partial charge in [0.05, 0.1) is 69.0 Å². The number of ether oxygens (including phenoxy) is 2. The van der Waals surface area contributed by atoms with Crippen LogP contribution in [0.3, 0.4) is 0 Å². The number of benzene rings is 2. The zero-order valence-electron chi connectivity index (χ0n) is 45.0. The summed E-state index contributed by atoms with van der Waals surface area (Å²) < 4.78 is 28.1. The maximum atomic E-state index is 14.8. The first kappa shape index (κ1) is 56.9. The Hall–Kier alpha value is -6.79. The molecule has 2 fully saturated rings. The third-order valence-corrected chi connectivity index (χ3v) is 14.7. The highest BCUT2D eigenvalue weighted by atomic mass is 19.1. The van der Waals surface area contributed by atoms with E-state index in [1.807, 2.05) is 64.1 Å². The Morgan fingerprint density at radius 2 is 1.76 bits per heavy atom. The molecule has 3 aliphatic heterocycles. The van der Waals surface area contributed by atoms with Crippen LogP contribution in [0.2, 0.25) is 0 Å². The number of nitrogens with two attached hydrogens (primary N) is 1. The Bertz CT molecular complexity index is 2740. The van der Waals surface area contributed by atoms with E-state index in [2.05, 4.69) is 41.1 Å². The number of hydrogen-bond acceptors (Lipinski definition) is 13. The number of nitrogens with one attached hydrogen (secondary N) is 4. The highest BCUT2D eigenvalue weighted by molar-refractivity contribution is 5.97. The molecule has 6 atom stereocenters. The van der Waals surface area contributed by atoms with Crippen molar-refractivity contribution >= 4 is 46.7 Å². The number of aryl methyl sites for hydroxylation is 1. The number of amides is 4. The van der Waals surface area contributed by atoms with Crippen molar-refractivity contribution in [1.82, 2.24) is 45.8 Å². The Labute approximate surface area is 445 Å². The summed E-state index contributed by atoms with van der Waals surface area (Å²) in [5, 5.41) is 17.2. The Morgan fingerprint density at radius 1 is 1.01 bits per heavy atom. The van der Waals surface area contributed by atoms with Gasteiger partial charge in [-0.2, -0.15) is 4.68 Å². The molecule has 0 unspecified atom stereocenters. The lowest BCUT2D eigenvalue weighted by atomic mass is 9.85. The number of pyridine rings is 1. The van der Waals surface area contributed by atoms with Crippen LogP contribution in [0.15, 0.2) is 60.8 Å². The van der Waals surface area contributed by atoms with Gasteiger partial charge >= 0.3 is 5.82 Å². The zero-order valence-corrected chi connectivity index (χ0v) is 45.0. The van der Waals surface area contributed by atoms with E-state index in [1.54, 1.807) is 41.7 Å². The van der Waals surface area contributed by atoms with E-state index in [9.17, 15) is 28.4 Å². The molecule has 76 heavy (non-hydrogen) atoms. The van der Waals surface area contributed by atoms with E-state index >= 15 is 0 Å². The minimum absolute atomic E-state index is 0.000328. The van der Waals surface area contributed by atoms with E-state index in [0.29, 0.717) is 92.2 Å². The summed E-state index contributed by atoms with van der Waals surface area (Å²) in [6, 6.07) is 13.0. The molecule has 0 spiro atoms. The topological polar surface area (TPSA) is 223 Å². The molecule has 0 saturated carbocycles. The lowest BCUT2D eigenvalue weighted by Crippen LogP contribution is -2.59. The predicted octanol–water partition coefficient (Wildman–Crippen LogP) is 5.88. The van der Waals surface area contributed by atoms with Crippen LogP contribution in [0.5, 0.6) is 0 Å². The van der Waals surface area contributed by atoms with Crippen molar-refractivity contribution in [3.63, 3.8) is 0 Å². The molecule has 6 N–H and O–H groups in total. The van der Waals surface area contributed by atoms with Crippen molar-refractivity contribution in [3.8, 4) is 11.1 Å². The van der Waals surface area contributed by atoms with Gasteiger partial charge in [-0.15, -0.1) is 0 Å². The Kier molecular flexibility index (Phi) is 19.4. The van der Waals surface area contributed by atoms with Crippen LogP contribution < -0.4 is 31.9 Å². The lowest BCUT2D eigenvalue weighted by molar-refractivity contribution is -0.144. The van der Waals surface area contributed by atoms with Gasteiger partial charge in [0.25, 0.3) is 5.91 Å². The summed E-state index contributed by atoms with van der Waals surface area (Å²) in [7, 11) is 3.35. The largest absolute Gasteiger partial charge is 0.382 e. The average molecular weight is 1050 g/mol. The van der Waals surface area contributed by atoms with Gasteiger partial charge < -0.3 is 56.0 Å². The fourth-order valence-electron chi connectivity index (χ4n) is 10.4. The smallest absolute Gasteiger partial charge is 0.303 e. The third-order valence-electron chi connectivity index (χ3n) is 14.7. The number of likely N-dealkylation sites (N-methyl/N-ethyl adjacent to an activating group) is 1. The Morgan fingerprint density at radius 3 is 2.47 bits per heavy atom. The molecule has 2 aromatic carbocycles. The highest BCUT2D eigenvalue weighted by Gasteiger charge is 2.45. The van der Waals surface area contributed by atoms with Crippen molar-refractivity contribution in [2.24, 2.45) is 5.41 Å². The minimum atomic E-state index is -0.870. The molecule has 5 heterocycles. The fourth-order valence-corrected chi connectivity index (χ4v) is 10.4. The molecule has 7 rings (SSSR count). The normalized spacial score (nSPS) is 18.6. The lowest BCUT2D eigenvalue weighted by Gasteiger charge is -2.36. The number of carbonyl (C=O) groups excluding carboxylic acids is 5. The summed E-state index contributed by atoms with van der Waals surface area (Å²) in [6.45, 7) is 20.4. The number of nitrogens with zero attached hydrogens (tertiary/aromatic N) is 7. The van der Waals surface area contributed by atoms with Crippen molar-refractivity contribution in [2.75, 3.05) is 70.8 Å². The van der Waals surface area contributed by atoms with Crippen molar-refractivity contribution in [3.05, 3.63) is 100 Å². The fraction of sp³-hybridized carbons (Fsp3) is 0.536. The number of likely N-dealkylation sites (tertiary alicyclic amines) is 1. The molecular formula is C56H75FN12O7. The second-order valence-corrected chi connectivity index (χ2v) is 21.1. The molecular weight excluding hydrogens is 972 g/mol. The SMILES string of the molecule is [C-]#[N+]c1nn(CCCC(=O)CCOCCOCCN[C@@H]2C[C@H](C(=O)N[C@@H](CC)c3ccccc3)N(C(=O)[C@H](NC(=O)[C@@H](C)NC)C(C)(C)C)C2)c2c1-c1cnc(N)c(c1)N1CCC[C@@H]1c1cc(F)ccc1C(=O)N(C)C2. The van der Waals surface area contributed by atoms with E-state index in [0.717, 1.165) is 12.0 Å². The monoisotopic (exact) mass is 1050 g/mol. The van der Waals surface area contributed by atoms with Gasteiger partial charge in [0.2, 0.25) is 17.7 Å². The van der Waals surface area contributed by atoms with Crippen LogP contribution in [0, 0.1) is 17.8 Å². The van der Waals surface area contributed by atoms with Gasteiger partial charge in [-0.05, 0) is 97.5 Å². The number of halogens is 1. The van der Waals surface area contributed by atoms with Crippen LogP contribution in [-0.2, 0) is 41.7 Å².